The Hall–Kier alpha value is -2.60. The van der Waals surface area contributed by atoms with E-state index in [1.54, 1.807) is 77.9 Å². The van der Waals surface area contributed by atoms with Crippen LogP contribution in [0.25, 0.3) is 10.8 Å². The Kier molecular flexibility index (Phi) is 5.56. The fourth-order valence-corrected chi connectivity index (χ4v) is 2.04. The summed E-state index contributed by atoms with van der Waals surface area (Å²) >= 11 is 0. The molecule has 0 saturated carbocycles. The van der Waals surface area contributed by atoms with Crippen molar-refractivity contribution in [1.82, 2.24) is 0 Å². The monoisotopic (exact) mass is 360 g/mol. The second-order valence-corrected chi connectivity index (χ2v) is 7.83. The Labute approximate surface area is 152 Å². The smallest absolute Gasteiger partial charge is 0.428 e. The molecule has 0 heterocycles. The van der Waals surface area contributed by atoms with E-state index in [0.29, 0.717) is 16.7 Å². The van der Waals surface area contributed by atoms with Crippen LogP contribution >= 0.6 is 0 Å². The van der Waals surface area contributed by atoms with Gasteiger partial charge in [-0.15, -0.1) is 0 Å². The first-order chi connectivity index (χ1) is 11.9. The number of ether oxygens (including phenoxy) is 2. The lowest BCUT2D eigenvalue weighted by molar-refractivity contribution is -0.301. The fraction of sp³-hybridized carbons (Fsp3) is 0.400. The van der Waals surface area contributed by atoms with Crippen LogP contribution in [0.2, 0.25) is 0 Å². The molecule has 0 radical (unpaired) electrons. The maximum atomic E-state index is 12.1. The van der Waals surface area contributed by atoms with E-state index in [-0.39, 0.29) is 0 Å². The molecular formula is C20H24O6. The quantitative estimate of drug-likeness (QED) is 0.330. The van der Waals surface area contributed by atoms with Crippen LogP contribution in [0.4, 0.5) is 4.79 Å². The third-order valence-electron chi connectivity index (χ3n) is 3.03. The highest BCUT2D eigenvalue weighted by Gasteiger charge is 2.20. The first kappa shape index (κ1) is 19.7. The molecule has 2 aromatic carbocycles. The minimum atomic E-state index is -0.785. The Morgan fingerprint density at radius 3 is 2.19 bits per heavy atom. The maximum Gasteiger partial charge on any atom is 0.514 e. The van der Waals surface area contributed by atoms with Crippen molar-refractivity contribution in [3.63, 3.8) is 0 Å². The van der Waals surface area contributed by atoms with E-state index in [4.69, 9.17) is 19.2 Å². The molecule has 0 fully saturated rings. The Morgan fingerprint density at radius 2 is 1.58 bits per heavy atom. The molecule has 0 aliphatic carbocycles. The van der Waals surface area contributed by atoms with Crippen LogP contribution in [0.5, 0.6) is 5.75 Å². The largest absolute Gasteiger partial charge is 0.514 e. The first-order valence-electron chi connectivity index (χ1n) is 8.28. The molecule has 0 aliphatic rings. The number of rotatable bonds is 3. The van der Waals surface area contributed by atoms with Gasteiger partial charge in [0.25, 0.3) is 0 Å². The van der Waals surface area contributed by atoms with Crippen molar-refractivity contribution in [2.45, 2.75) is 52.7 Å². The average Bonchev–Trinajstić information content (AvgIpc) is 2.49. The zero-order valence-electron chi connectivity index (χ0n) is 15.9. The minimum absolute atomic E-state index is 0.330. The predicted octanol–water partition coefficient (Wildman–Crippen LogP) is 5.04. The predicted molar refractivity (Wildman–Crippen MR) is 97.1 cm³/mol. The van der Waals surface area contributed by atoms with Crippen LogP contribution in [0.15, 0.2) is 36.4 Å². The molecule has 6 heteroatoms. The number of hydrogen-bond acceptors (Lipinski definition) is 6. The van der Waals surface area contributed by atoms with Gasteiger partial charge in [0, 0.05) is 5.39 Å². The summed E-state index contributed by atoms with van der Waals surface area (Å²) in [5, 5.41) is 1.39. The molecule has 0 aromatic heterocycles. The second-order valence-electron chi connectivity index (χ2n) is 7.83. The molecule has 0 atom stereocenters. The van der Waals surface area contributed by atoms with Gasteiger partial charge in [0.1, 0.15) is 17.0 Å². The van der Waals surface area contributed by atoms with E-state index in [0.717, 1.165) is 5.39 Å². The highest BCUT2D eigenvalue weighted by molar-refractivity contribution is 5.97. The number of hydrogen-bond donors (Lipinski definition) is 0. The Morgan fingerprint density at radius 1 is 0.885 bits per heavy atom. The SMILES string of the molecule is CC(C)(C)OOC(=O)c1ccc2c(OC(=O)OC(C)(C)C)cccc2c1. The molecule has 0 spiro atoms. The highest BCUT2D eigenvalue weighted by Crippen LogP contribution is 2.27. The molecule has 0 N–H and O–H groups in total. The van der Waals surface area contributed by atoms with Crippen LogP contribution in [0.3, 0.4) is 0 Å². The summed E-state index contributed by atoms with van der Waals surface area (Å²) in [6, 6.07) is 10.1. The Balaban J connectivity index is 2.21. The minimum Gasteiger partial charge on any atom is -0.428 e. The zero-order chi connectivity index (χ0) is 19.5. The summed E-state index contributed by atoms with van der Waals surface area (Å²) < 4.78 is 10.5. The molecule has 26 heavy (non-hydrogen) atoms. The molecule has 0 unspecified atom stereocenters. The first-order valence-corrected chi connectivity index (χ1v) is 8.28. The van der Waals surface area contributed by atoms with Gasteiger partial charge >= 0.3 is 12.1 Å². The van der Waals surface area contributed by atoms with Crippen molar-refractivity contribution in [2.24, 2.45) is 0 Å². The second kappa shape index (κ2) is 7.33. The maximum absolute atomic E-state index is 12.1. The molecule has 0 bridgehead atoms. The average molecular weight is 360 g/mol. The van der Waals surface area contributed by atoms with Gasteiger partial charge in [0.15, 0.2) is 0 Å². The third kappa shape index (κ3) is 5.74. The van der Waals surface area contributed by atoms with Crippen molar-refractivity contribution in [1.29, 1.82) is 0 Å². The van der Waals surface area contributed by atoms with E-state index >= 15 is 0 Å². The van der Waals surface area contributed by atoms with Gasteiger partial charge < -0.3 is 9.47 Å². The highest BCUT2D eigenvalue weighted by atomic mass is 17.2. The fourth-order valence-electron chi connectivity index (χ4n) is 2.04. The van der Waals surface area contributed by atoms with Crippen molar-refractivity contribution in [3.8, 4) is 5.75 Å². The lowest BCUT2D eigenvalue weighted by Gasteiger charge is -2.19. The topological polar surface area (TPSA) is 71.1 Å². The van der Waals surface area contributed by atoms with Gasteiger partial charge in [-0.3, -0.25) is 4.89 Å². The summed E-state index contributed by atoms with van der Waals surface area (Å²) in [5.74, 6) is -0.247. The van der Waals surface area contributed by atoms with E-state index in [2.05, 4.69) is 0 Å². The normalized spacial score (nSPS) is 11.9. The molecule has 2 rings (SSSR count). The van der Waals surface area contributed by atoms with Crippen molar-refractivity contribution >= 4 is 22.9 Å². The number of carbonyl (C=O) groups is 2. The Bertz CT molecular complexity index is 811. The van der Waals surface area contributed by atoms with Crippen LogP contribution in [-0.4, -0.2) is 23.3 Å². The van der Waals surface area contributed by atoms with Crippen LogP contribution in [-0.2, 0) is 14.5 Å². The summed E-state index contributed by atoms with van der Waals surface area (Å²) in [6.07, 6.45) is -0.785. The molecule has 6 nitrogen and oxygen atoms in total. The third-order valence-corrected chi connectivity index (χ3v) is 3.03. The van der Waals surface area contributed by atoms with Gasteiger partial charge in [0.2, 0.25) is 0 Å². The van der Waals surface area contributed by atoms with Crippen molar-refractivity contribution in [2.75, 3.05) is 0 Å². The molecule has 0 aliphatic heterocycles. The van der Waals surface area contributed by atoms with Gasteiger partial charge in [-0.1, -0.05) is 12.1 Å². The van der Waals surface area contributed by atoms with E-state index in [1.807, 2.05) is 0 Å². The van der Waals surface area contributed by atoms with Gasteiger partial charge in [-0.2, -0.15) is 4.89 Å². The summed E-state index contributed by atoms with van der Waals surface area (Å²) in [7, 11) is 0. The lowest BCUT2D eigenvalue weighted by Crippen LogP contribution is -2.26. The molecule has 0 saturated heterocycles. The molecule has 140 valence electrons. The van der Waals surface area contributed by atoms with Crippen molar-refractivity contribution < 1.29 is 28.8 Å². The molecular weight excluding hydrogens is 336 g/mol. The number of fused-ring (bicyclic) bond motifs is 1. The van der Waals surface area contributed by atoms with Crippen molar-refractivity contribution in [3.05, 3.63) is 42.0 Å². The summed E-state index contributed by atoms with van der Waals surface area (Å²) in [5.41, 5.74) is -0.914. The van der Waals surface area contributed by atoms with Crippen LogP contribution in [0, 0.1) is 0 Å². The number of benzene rings is 2. The molecule has 0 amide bonds. The standard InChI is InChI=1S/C20H24O6/c1-19(2,3)24-18(22)23-16-9-7-8-13-12-14(10-11-15(13)16)17(21)25-26-20(4,5)6/h7-12H,1-6H3. The van der Waals surface area contributed by atoms with E-state index < -0.39 is 23.3 Å². The molecule has 2 aromatic rings. The van der Waals surface area contributed by atoms with Gasteiger partial charge in [0.05, 0.1) is 5.56 Å². The van der Waals surface area contributed by atoms with Gasteiger partial charge in [-0.25, -0.2) is 9.59 Å². The number of carbonyl (C=O) groups excluding carboxylic acids is 2. The zero-order valence-corrected chi connectivity index (χ0v) is 15.9. The van der Waals surface area contributed by atoms with E-state index in [9.17, 15) is 9.59 Å². The van der Waals surface area contributed by atoms with E-state index in [1.165, 1.54) is 0 Å². The van der Waals surface area contributed by atoms with Crippen LogP contribution in [0.1, 0.15) is 51.9 Å². The summed E-state index contributed by atoms with van der Waals surface area (Å²) in [6.45, 7) is 10.6. The van der Waals surface area contributed by atoms with Gasteiger partial charge in [-0.05, 0) is 71.2 Å². The summed E-state index contributed by atoms with van der Waals surface area (Å²) in [4.78, 5) is 33.9. The lowest BCUT2D eigenvalue weighted by atomic mass is 10.1. The van der Waals surface area contributed by atoms with Crippen LogP contribution < -0.4 is 4.74 Å².